The maximum Gasteiger partial charge on any atom is 0.293 e. The summed E-state index contributed by atoms with van der Waals surface area (Å²) in [6.45, 7) is 2.46. The van der Waals surface area contributed by atoms with Crippen molar-refractivity contribution in [1.29, 1.82) is 0 Å². The number of nitrogens with one attached hydrogen (secondary N) is 1. The number of aromatic nitrogens is 1. The quantitative estimate of drug-likeness (QED) is 0.452. The Balaban J connectivity index is 1.54. The van der Waals surface area contributed by atoms with Crippen molar-refractivity contribution in [2.75, 3.05) is 11.9 Å². The number of carbonyl (C=O) groups excluding carboxylic acids is 1. The summed E-state index contributed by atoms with van der Waals surface area (Å²) in [4.78, 5) is 17.3. The fourth-order valence-corrected chi connectivity index (χ4v) is 5.20. The van der Waals surface area contributed by atoms with Crippen LogP contribution in [-0.4, -0.2) is 25.9 Å². The number of furan rings is 1. The Labute approximate surface area is 177 Å². The predicted molar refractivity (Wildman–Crippen MR) is 115 cm³/mol. The zero-order chi connectivity index (χ0) is 21.1. The topological polar surface area (TPSA) is 98.5 Å². The third-order valence-corrected chi connectivity index (χ3v) is 6.91. The van der Waals surface area contributed by atoms with Crippen LogP contribution in [0.3, 0.4) is 0 Å². The summed E-state index contributed by atoms with van der Waals surface area (Å²) in [5.74, 6) is -0.217. The largest absolute Gasteiger partial charge is 0.494 e. The molecular formula is C21H18N2O5S2. The number of sulfone groups is 1. The first-order valence-electron chi connectivity index (χ1n) is 9.15. The van der Waals surface area contributed by atoms with Crippen LogP contribution in [0, 0.1) is 0 Å². The average molecular weight is 443 g/mol. The molecular weight excluding hydrogens is 424 g/mol. The molecule has 2 heterocycles. The first kappa shape index (κ1) is 20.1. The summed E-state index contributed by atoms with van der Waals surface area (Å²) >= 11 is 1.30. The molecule has 7 nitrogen and oxygen atoms in total. The zero-order valence-corrected chi connectivity index (χ0v) is 17.6. The van der Waals surface area contributed by atoms with Gasteiger partial charge in [0.2, 0.25) is 0 Å². The van der Waals surface area contributed by atoms with Crippen molar-refractivity contribution in [3.63, 3.8) is 0 Å². The van der Waals surface area contributed by atoms with Gasteiger partial charge in [-0.15, -0.1) is 0 Å². The van der Waals surface area contributed by atoms with E-state index >= 15 is 0 Å². The van der Waals surface area contributed by atoms with E-state index < -0.39 is 15.7 Å². The molecule has 2 aromatic carbocycles. The van der Waals surface area contributed by atoms with Crippen LogP contribution in [0.2, 0.25) is 0 Å². The molecule has 0 unspecified atom stereocenters. The van der Waals surface area contributed by atoms with Crippen molar-refractivity contribution >= 4 is 42.4 Å². The molecule has 0 aliphatic rings. The highest BCUT2D eigenvalue weighted by Gasteiger charge is 2.23. The van der Waals surface area contributed by atoms with E-state index in [1.165, 1.54) is 35.8 Å². The molecule has 0 aliphatic carbocycles. The first-order chi connectivity index (χ1) is 14.5. The second kappa shape index (κ2) is 8.29. The highest BCUT2D eigenvalue weighted by Crippen LogP contribution is 2.30. The molecule has 2 aromatic heterocycles. The zero-order valence-electron chi connectivity index (χ0n) is 16.0. The van der Waals surface area contributed by atoms with Crippen LogP contribution in [0.1, 0.15) is 23.0 Å². The summed E-state index contributed by atoms with van der Waals surface area (Å²) in [5.41, 5.74) is 1.01. The number of amides is 1. The molecule has 0 fully saturated rings. The van der Waals surface area contributed by atoms with E-state index in [1.807, 2.05) is 25.1 Å². The fourth-order valence-electron chi connectivity index (χ4n) is 2.93. The Bertz CT molecular complexity index is 1290. The number of benzene rings is 2. The minimum absolute atomic E-state index is 0.0521. The van der Waals surface area contributed by atoms with Crippen LogP contribution in [-0.2, 0) is 15.6 Å². The number of ether oxygens (including phenoxy) is 1. The molecule has 1 N–H and O–H groups in total. The predicted octanol–water partition coefficient (Wildman–Crippen LogP) is 4.51. The molecule has 1 amide bonds. The van der Waals surface area contributed by atoms with Crippen molar-refractivity contribution in [2.24, 2.45) is 0 Å². The average Bonchev–Trinajstić information content (AvgIpc) is 3.34. The smallest absolute Gasteiger partial charge is 0.293 e. The van der Waals surface area contributed by atoms with Gasteiger partial charge in [-0.3, -0.25) is 10.1 Å². The number of hydrogen-bond donors (Lipinski definition) is 1. The highest BCUT2D eigenvalue weighted by molar-refractivity contribution is 7.90. The van der Waals surface area contributed by atoms with E-state index in [0.29, 0.717) is 11.7 Å². The number of anilines is 1. The van der Waals surface area contributed by atoms with E-state index in [2.05, 4.69) is 10.3 Å². The molecule has 4 rings (SSSR count). The second-order valence-corrected chi connectivity index (χ2v) is 9.40. The van der Waals surface area contributed by atoms with E-state index in [-0.39, 0.29) is 22.0 Å². The summed E-state index contributed by atoms with van der Waals surface area (Å²) in [6, 6.07) is 15.1. The van der Waals surface area contributed by atoms with Crippen LogP contribution < -0.4 is 10.1 Å². The van der Waals surface area contributed by atoms with E-state index in [1.54, 1.807) is 18.2 Å². The van der Waals surface area contributed by atoms with Crippen LogP contribution in [0.25, 0.3) is 10.2 Å². The Morgan fingerprint density at radius 1 is 1.17 bits per heavy atom. The van der Waals surface area contributed by atoms with Gasteiger partial charge in [-0.05, 0) is 43.3 Å². The standard InChI is InChI=1S/C21H18N2O5S2/c1-2-27-15-8-9-17-18(12-15)29-21(22-17)23-20(24)19-14(10-11-28-19)13-30(25,26)16-6-4-3-5-7-16/h3-12H,2,13H2,1H3,(H,22,23,24). The Morgan fingerprint density at radius 3 is 2.73 bits per heavy atom. The molecule has 0 saturated carbocycles. The Morgan fingerprint density at radius 2 is 1.97 bits per heavy atom. The maximum atomic E-state index is 12.7. The number of hydrogen-bond acceptors (Lipinski definition) is 7. The Hall–Kier alpha value is -3.17. The van der Waals surface area contributed by atoms with Gasteiger partial charge in [0.1, 0.15) is 5.75 Å². The van der Waals surface area contributed by atoms with Crippen LogP contribution in [0.15, 0.2) is 70.2 Å². The van der Waals surface area contributed by atoms with Gasteiger partial charge >= 0.3 is 0 Å². The number of rotatable bonds is 7. The molecule has 0 bridgehead atoms. The minimum atomic E-state index is -3.61. The van der Waals surface area contributed by atoms with Gasteiger partial charge in [0.25, 0.3) is 5.91 Å². The van der Waals surface area contributed by atoms with Crippen molar-refractivity contribution in [1.82, 2.24) is 4.98 Å². The van der Waals surface area contributed by atoms with Gasteiger partial charge in [-0.1, -0.05) is 29.5 Å². The lowest BCUT2D eigenvalue weighted by Crippen LogP contribution is -2.14. The third-order valence-electron chi connectivity index (χ3n) is 4.29. The minimum Gasteiger partial charge on any atom is -0.494 e. The van der Waals surface area contributed by atoms with Crippen molar-refractivity contribution < 1.29 is 22.4 Å². The van der Waals surface area contributed by atoms with Gasteiger partial charge in [0.05, 0.1) is 33.7 Å². The molecule has 0 aliphatic heterocycles. The number of nitrogens with zero attached hydrogens (tertiary/aromatic N) is 1. The molecule has 0 radical (unpaired) electrons. The van der Waals surface area contributed by atoms with E-state index in [4.69, 9.17) is 9.15 Å². The lowest BCUT2D eigenvalue weighted by molar-refractivity contribution is 0.0996. The van der Waals surface area contributed by atoms with E-state index in [0.717, 1.165) is 16.0 Å². The summed E-state index contributed by atoms with van der Waals surface area (Å²) < 4.78 is 36.9. The monoisotopic (exact) mass is 442 g/mol. The van der Waals surface area contributed by atoms with Crippen LogP contribution in [0.5, 0.6) is 5.75 Å². The maximum absolute atomic E-state index is 12.7. The number of carbonyl (C=O) groups is 1. The molecule has 0 spiro atoms. The lowest BCUT2D eigenvalue weighted by Gasteiger charge is -2.05. The number of thiazole rings is 1. The van der Waals surface area contributed by atoms with Crippen molar-refractivity contribution in [3.05, 3.63) is 72.2 Å². The highest BCUT2D eigenvalue weighted by atomic mass is 32.2. The molecule has 4 aromatic rings. The van der Waals surface area contributed by atoms with E-state index in [9.17, 15) is 13.2 Å². The summed E-state index contributed by atoms with van der Waals surface area (Å²) in [6.07, 6.45) is 1.30. The van der Waals surface area contributed by atoms with Crippen molar-refractivity contribution in [3.8, 4) is 5.75 Å². The first-order valence-corrected chi connectivity index (χ1v) is 11.6. The van der Waals surface area contributed by atoms with Gasteiger partial charge < -0.3 is 9.15 Å². The fraction of sp³-hybridized carbons (Fsp3) is 0.143. The molecule has 154 valence electrons. The third kappa shape index (κ3) is 4.22. The van der Waals surface area contributed by atoms with Gasteiger partial charge in [0.15, 0.2) is 20.7 Å². The lowest BCUT2D eigenvalue weighted by atomic mass is 10.3. The molecule has 0 atom stereocenters. The molecule has 9 heteroatoms. The van der Waals surface area contributed by atoms with Gasteiger partial charge in [-0.25, -0.2) is 13.4 Å². The SMILES string of the molecule is CCOc1ccc2nc(NC(=O)c3occc3CS(=O)(=O)c3ccccc3)sc2c1. The number of fused-ring (bicyclic) bond motifs is 1. The van der Waals surface area contributed by atoms with Crippen LogP contribution in [0.4, 0.5) is 5.13 Å². The van der Waals surface area contributed by atoms with Gasteiger partial charge in [0, 0.05) is 5.56 Å². The normalized spacial score (nSPS) is 11.5. The summed E-state index contributed by atoms with van der Waals surface area (Å²) in [7, 11) is -3.61. The summed E-state index contributed by atoms with van der Waals surface area (Å²) in [5, 5.41) is 3.08. The molecule has 0 saturated heterocycles. The second-order valence-electron chi connectivity index (χ2n) is 6.38. The molecule has 30 heavy (non-hydrogen) atoms. The van der Waals surface area contributed by atoms with Crippen molar-refractivity contribution in [2.45, 2.75) is 17.6 Å². The Kier molecular flexibility index (Phi) is 5.56. The van der Waals surface area contributed by atoms with Crippen LogP contribution >= 0.6 is 11.3 Å². The van der Waals surface area contributed by atoms with Gasteiger partial charge in [-0.2, -0.15) is 0 Å².